The molecule has 0 bridgehead atoms. The lowest BCUT2D eigenvalue weighted by Crippen LogP contribution is -2.15. The zero-order valence-electron chi connectivity index (χ0n) is 12.4. The number of anilines is 1. The summed E-state index contributed by atoms with van der Waals surface area (Å²) in [5.41, 5.74) is 4.30. The summed E-state index contributed by atoms with van der Waals surface area (Å²) in [4.78, 5) is 16.7. The number of aryl methyl sites for hydroxylation is 1. The Hall–Kier alpha value is -2.33. The summed E-state index contributed by atoms with van der Waals surface area (Å²) in [5.74, 6) is -0.105. The third-order valence-corrected chi connectivity index (χ3v) is 4.02. The van der Waals surface area contributed by atoms with Crippen LogP contribution in [0.1, 0.15) is 16.8 Å². The van der Waals surface area contributed by atoms with E-state index in [0.29, 0.717) is 5.02 Å². The SMILES string of the molecule is Cc1c(Cl)cccc1NC(=O)Cc1cn2cccc(C)c2n1. The Morgan fingerprint density at radius 3 is 2.86 bits per heavy atom. The number of carbonyl (C=O) groups excluding carboxylic acids is 1. The van der Waals surface area contributed by atoms with Crippen molar-refractivity contribution >= 4 is 28.8 Å². The minimum atomic E-state index is -0.105. The van der Waals surface area contributed by atoms with E-state index in [0.717, 1.165) is 28.2 Å². The lowest BCUT2D eigenvalue weighted by Gasteiger charge is -2.08. The highest BCUT2D eigenvalue weighted by Gasteiger charge is 2.11. The number of nitrogens with zero attached hydrogens (tertiary/aromatic N) is 2. The van der Waals surface area contributed by atoms with Gasteiger partial charge in [-0.1, -0.05) is 23.7 Å². The lowest BCUT2D eigenvalue weighted by atomic mass is 10.2. The van der Waals surface area contributed by atoms with Crippen molar-refractivity contribution in [2.24, 2.45) is 0 Å². The van der Waals surface area contributed by atoms with Crippen molar-refractivity contribution in [1.29, 1.82) is 0 Å². The maximum Gasteiger partial charge on any atom is 0.230 e. The number of hydrogen-bond donors (Lipinski definition) is 1. The molecule has 1 amide bonds. The van der Waals surface area contributed by atoms with Gasteiger partial charge in [-0.2, -0.15) is 0 Å². The van der Waals surface area contributed by atoms with E-state index in [1.54, 1.807) is 6.07 Å². The molecule has 3 aromatic rings. The van der Waals surface area contributed by atoms with Gasteiger partial charge in [0.2, 0.25) is 5.91 Å². The molecule has 0 saturated carbocycles. The van der Waals surface area contributed by atoms with Crippen LogP contribution in [0, 0.1) is 13.8 Å². The first-order chi connectivity index (χ1) is 10.5. The van der Waals surface area contributed by atoms with Crippen LogP contribution in [0.5, 0.6) is 0 Å². The standard InChI is InChI=1S/C17H16ClN3O/c1-11-5-4-8-21-10-13(19-17(11)21)9-16(22)20-15-7-3-6-14(18)12(15)2/h3-8,10H,9H2,1-2H3,(H,20,22). The summed E-state index contributed by atoms with van der Waals surface area (Å²) in [5, 5.41) is 3.53. The lowest BCUT2D eigenvalue weighted by molar-refractivity contribution is -0.115. The van der Waals surface area contributed by atoms with E-state index < -0.39 is 0 Å². The monoisotopic (exact) mass is 313 g/mol. The Labute approximate surface area is 133 Å². The largest absolute Gasteiger partial charge is 0.325 e. The smallest absolute Gasteiger partial charge is 0.230 e. The summed E-state index contributed by atoms with van der Waals surface area (Å²) in [7, 11) is 0. The molecule has 4 nitrogen and oxygen atoms in total. The molecule has 0 aliphatic heterocycles. The van der Waals surface area contributed by atoms with Gasteiger partial charge in [0, 0.05) is 23.1 Å². The molecular formula is C17H16ClN3O. The van der Waals surface area contributed by atoms with Gasteiger partial charge in [0.1, 0.15) is 5.65 Å². The Balaban J connectivity index is 1.78. The molecule has 0 aliphatic rings. The van der Waals surface area contributed by atoms with Crippen LogP contribution < -0.4 is 5.32 Å². The molecule has 2 aromatic heterocycles. The van der Waals surface area contributed by atoms with Crippen molar-refractivity contribution in [3.63, 3.8) is 0 Å². The molecule has 0 radical (unpaired) electrons. The fraction of sp³-hybridized carbons (Fsp3) is 0.176. The number of aromatic nitrogens is 2. The van der Waals surface area contributed by atoms with Crippen molar-refractivity contribution in [3.05, 3.63) is 64.6 Å². The molecule has 0 atom stereocenters. The molecule has 0 unspecified atom stereocenters. The molecule has 22 heavy (non-hydrogen) atoms. The maximum atomic E-state index is 12.2. The number of amides is 1. The molecule has 3 rings (SSSR count). The van der Waals surface area contributed by atoms with E-state index in [2.05, 4.69) is 10.3 Å². The summed E-state index contributed by atoms with van der Waals surface area (Å²) in [6.07, 6.45) is 4.04. The van der Waals surface area contributed by atoms with Crippen LogP contribution in [0.15, 0.2) is 42.7 Å². The molecular weight excluding hydrogens is 298 g/mol. The van der Waals surface area contributed by atoms with Crippen molar-refractivity contribution in [1.82, 2.24) is 9.38 Å². The van der Waals surface area contributed by atoms with E-state index in [-0.39, 0.29) is 12.3 Å². The van der Waals surface area contributed by atoms with Gasteiger partial charge in [0.05, 0.1) is 12.1 Å². The van der Waals surface area contributed by atoms with E-state index in [1.165, 1.54) is 0 Å². The van der Waals surface area contributed by atoms with Crippen molar-refractivity contribution in [3.8, 4) is 0 Å². The number of nitrogens with one attached hydrogen (secondary N) is 1. The molecule has 0 spiro atoms. The predicted molar refractivity (Wildman–Crippen MR) is 88.5 cm³/mol. The molecule has 0 fully saturated rings. The fourth-order valence-corrected chi connectivity index (χ4v) is 2.57. The van der Waals surface area contributed by atoms with E-state index in [1.807, 2.05) is 54.9 Å². The van der Waals surface area contributed by atoms with E-state index in [9.17, 15) is 4.79 Å². The first-order valence-corrected chi connectivity index (χ1v) is 7.40. The number of carbonyl (C=O) groups is 1. The molecule has 112 valence electrons. The summed E-state index contributed by atoms with van der Waals surface area (Å²) in [6, 6.07) is 9.42. The molecule has 1 N–H and O–H groups in total. The van der Waals surface area contributed by atoms with Crippen LogP contribution in [0.3, 0.4) is 0 Å². The highest BCUT2D eigenvalue weighted by molar-refractivity contribution is 6.31. The van der Waals surface area contributed by atoms with Crippen LogP contribution in [0.2, 0.25) is 5.02 Å². The highest BCUT2D eigenvalue weighted by Crippen LogP contribution is 2.23. The zero-order chi connectivity index (χ0) is 15.7. The highest BCUT2D eigenvalue weighted by atomic mass is 35.5. The van der Waals surface area contributed by atoms with Crippen LogP contribution in [-0.4, -0.2) is 15.3 Å². The Morgan fingerprint density at radius 1 is 1.27 bits per heavy atom. The quantitative estimate of drug-likeness (QED) is 0.799. The van der Waals surface area contributed by atoms with Gasteiger partial charge in [-0.3, -0.25) is 4.79 Å². The molecule has 5 heteroatoms. The van der Waals surface area contributed by atoms with Gasteiger partial charge in [-0.05, 0) is 43.2 Å². The molecule has 0 aliphatic carbocycles. The minimum absolute atomic E-state index is 0.105. The summed E-state index contributed by atoms with van der Waals surface area (Å²) < 4.78 is 1.93. The summed E-state index contributed by atoms with van der Waals surface area (Å²) >= 11 is 6.06. The van der Waals surface area contributed by atoms with Gasteiger partial charge in [0.15, 0.2) is 0 Å². The van der Waals surface area contributed by atoms with Crippen molar-refractivity contribution < 1.29 is 4.79 Å². The van der Waals surface area contributed by atoms with Gasteiger partial charge in [-0.25, -0.2) is 4.98 Å². The van der Waals surface area contributed by atoms with Gasteiger partial charge in [-0.15, -0.1) is 0 Å². The topological polar surface area (TPSA) is 46.4 Å². The zero-order valence-corrected chi connectivity index (χ0v) is 13.2. The second kappa shape index (κ2) is 5.81. The third kappa shape index (κ3) is 2.83. The van der Waals surface area contributed by atoms with Gasteiger partial charge in [0.25, 0.3) is 0 Å². The van der Waals surface area contributed by atoms with Crippen LogP contribution >= 0.6 is 11.6 Å². The minimum Gasteiger partial charge on any atom is -0.325 e. The number of rotatable bonds is 3. The van der Waals surface area contributed by atoms with E-state index >= 15 is 0 Å². The second-order valence-corrected chi connectivity index (χ2v) is 5.70. The van der Waals surface area contributed by atoms with Gasteiger partial charge >= 0.3 is 0 Å². The van der Waals surface area contributed by atoms with Crippen LogP contribution in [-0.2, 0) is 11.2 Å². The number of benzene rings is 1. The van der Waals surface area contributed by atoms with Crippen LogP contribution in [0.4, 0.5) is 5.69 Å². The number of imidazole rings is 1. The van der Waals surface area contributed by atoms with Crippen molar-refractivity contribution in [2.75, 3.05) is 5.32 Å². The average molecular weight is 314 g/mol. The number of hydrogen-bond acceptors (Lipinski definition) is 2. The first-order valence-electron chi connectivity index (χ1n) is 7.03. The Morgan fingerprint density at radius 2 is 2.09 bits per heavy atom. The van der Waals surface area contributed by atoms with Crippen molar-refractivity contribution in [2.45, 2.75) is 20.3 Å². The van der Waals surface area contributed by atoms with E-state index in [4.69, 9.17) is 11.6 Å². The third-order valence-electron chi connectivity index (χ3n) is 3.61. The maximum absolute atomic E-state index is 12.2. The molecule has 0 saturated heterocycles. The number of halogens is 1. The Kier molecular flexibility index (Phi) is 3.86. The number of fused-ring (bicyclic) bond motifs is 1. The number of pyridine rings is 1. The predicted octanol–water partition coefficient (Wildman–Crippen LogP) is 3.79. The second-order valence-electron chi connectivity index (χ2n) is 5.29. The van der Waals surface area contributed by atoms with Gasteiger partial charge < -0.3 is 9.72 Å². The summed E-state index contributed by atoms with van der Waals surface area (Å²) in [6.45, 7) is 3.88. The molecule has 1 aromatic carbocycles. The Bertz CT molecular complexity index is 854. The average Bonchev–Trinajstić information content (AvgIpc) is 2.88. The molecule has 2 heterocycles. The first kappa shape index (κ1) is 14.6. The van der Waals surface area contributed by atoms with Crippen LogP contribution in [0.25, 0.3) is 5.65 Å². The fourth-order valence-electron chi connectivity index (χ4n) is 2.39. The normalized spacial score (nSPS) is 10.9.